The van der Waals surface area contributed by atoms with Crippen LogP contribution in [0.2, 0.25) is 0 Å². The van der Waals surface area contributed by atoms with E-state index in [-0.39, 0.29) is 43.4 Å². The van der Waals surface area contributed by atoms with Gasteiger partial charge in [-0.25, -0.2) is 9.59 Å². The van der Waals surface area contributed by atoms with Gasteiger partial charge in [-0.3, -0.25) is 14.4 Å². The summed E-state index contributed by atoms with van der Waals surface area (Å²) in [6.07, 6.45) is 2.19. The molecular formula is C35H62N8O7. The first-order chi connectivity index (χ1) is 23.4. The Morgan fingerprint density at radius 3 is 2.20 bits per heavy atom. The molecule has 284 valence electrons. The van der Waals surface area contributed by atoms with Gasteiger partial charge in [-0.1, -0.05) is 32.9 Å². The highest BCUT2D eigenvalue weighted by Gasteiger charge is 2.30. The van der Waals surface area contributed by atoms with Crippen molar-refractivity contribution in [1.82, 2.24) is 26.2 Å². The van der Waals surface area contributed by atoms with Crippen molar-refractivity contribution >= 4 is 35.5 Å². The maximum Gasteiger partial charge on any atom is 0.409 e. The molecule has 0 aliphatic carbocycles. The zero-order valence-corrected chi connectivity index (χ0v) is 31.3. The van der Waals surface area contributed by atoms with E-state index in [1.807, 2.05) is 27.7 Å². The summed E-state index contributed by atoms with van der Waals surface area (Å²) in [6, 6.07) is 4.20. The molecule has 0 aliphatic heterocycles. The highest BCUT2D eigenvalue weighted by atomic mass is 16.6. The summed E-state index contributed by atoms with van der Waals surface area (Å²) in [5.41, 5.74) is 11.7. The van der Waals surface area contributed by atoms with E-state index in [0.29, 0.717) is 44.6 Å². The van der Waals surface area contributed by atoms with E-state index in [1.165, 1.54) is 4.90 Å². The lowest BCUT2D eigenvalue weighted by Gasteiger charge is -2.29. The summed E-state index contributed by atoms with van der Waals surface area (Å²) in [6.45, 7) is 13.3. The molecule has 1 aromatic rings. The molecule has 0 bridgehead atoms. The van der Waals surface area contributed by atoms with Gasteiger partial charge in [-0.05, 0) is 83.5 Å². The lowest BCUT2D eigenvalue weighted by molar-refractivity contribution is -0.132. The smallest absolute Gasteiger partial charge is 0.409 e. The van der Waals surface area contributed by atoms with Crippen molar-refractivity contribution in [3.63, 3.8) is 0 Å². The minimum Gasteiger partial charge on any atom is -0.445 e. The molecule has 1 unspecified atom stereocenters. The van der Waals surface area contributed by atoms with Crippen molar-refractivity contribution in [2.45, 2.75) is 110 Å². The van der Waals surface area contributed by atoms with Crippen LogP contribution in [0.25, 0.3) is 0 Å². The second-order valence-corrected chi connectivity index (χ2v) is 13.9. The van der Waals surface area contributed by atoms with Crippen molar-refractivity contribution in [3.05, 3.63) is 29.8 Å². The Labute approximate surface area is 297 Å². The van der Waals surface area contributed by atoms with E-state index in [9.17, 15) is 24.0 Å². The maximum atomic E-state index is 13.5. The van der Waals surface area contributed by atoms with E-state index >= 15 is 0 Å². The van der Waals surface area contributed by atoms with Gasteiger partial charge in [0.05, 0.1) is 5.60 Å². The number of carbonyl (C=O) groups is 5. The number of ether oxygens (including phenoxy) is 2. The fraction of sp³-hybridized carbons (Fsp3) is 0.686. The van der Waals surface area contributed by atoms with Gasteiger partial charge in [-0.2, -0.15) is 0 Å². The maximum absolute atomic E-state index is 13.5. The Kier molecular flexibility index (Phi) is 19.4. The monoisotopic (exact) mass is 706 g/mol. The van der Waals surface area contributed by atoms with Crippen molar-refractivity contribution in [3.8, 4) is 0 Å². The summed E-state index contributed by atoms with van der Waals surface area (Å²) in [4.78, 5) is 64.6. The predicted octanol–water partition coefficient (Wildman–Crippen LogP) is 2.58. The summed E-state index contributed by atoms with van der Waals surface area (Å²) < 4.78 is 11.4. The first kappa shape index (κ1) is 44.1. The van der Waals surface area contributed by atoms with E-state index in [4.69, 9.17) is 20.9 Å². The third-order valence-electron chi connectivity index (χ3n) is 8.39. The standard InChI is InChI=1S/C35H62N8O7/c1-9-35(6,37)18-22-50-34(4,5)17-16-28(44)42-29(24(2)3)31(46)41-27(11-10-19-39-32(36)47)30(45)40-26-14-12-25(13-15-26)23-49-33(48)43(8)21-20-38-7/h12-15,24,27,29,38H,9-11,16-23,37H2,1-8H3,(H,40,45)(H,41,46)(H,42,44)(H3,36,39,47)/t27-,29-,35?/m0/s1. The van der Waals surface area contributed by atoms with Gasteiger partial charge in [0.2, 0.25) is 17.7 Å². The highest BCUT2D eigenvalue weighted by molar-refractivity contribution is 5.98. The SMILES string of the molecule is CCC(C)(N)CCOC(C)(C)CCC(=O)N[C@H](C(=O)N[C@@H](CCCNC(N)=O)C(=O)Nc1ccc(COC(=O)N(C)CCNC)cc1)C(C)C. The molecule has 15 heteroatoms. The number of hydrogen-bond donors (Lipinski definition) is 7. The molecule has 0 saturated carbocycles. The molecule has 3 atom stereocenters. The van der Waals surface area contributed by atoms with Gasteiger partial charge in [-0.15, -0.1) is 0 Å². The van der Waals surface area contributed by atoms with Crippen LogP contribution in [-0.2, 0) is 30.5 Å². The molecule has 0 fully saturated rings. The summed E-state index contributed by atoms with van der Waals surface area (Å²) in [5.74, 6) is -1.57. The van der Waals surface area contributed by atoms with Crippen molar-refractivity contribution in [1.29, 1.82) is 0 Å². The molecule has 15 nitrogen and oxygen atoms in total. The second kappa shape index (κ2) is 22.0. The zero-order valence-electron chi connectivity index (χ0n) is 31.3. The molecule has 0 aromatic heterocycles. The zero-order chi connectivity index (χ0) is 37.9. The number of benzene rings is 1. The first-order valence-corrected chi connectivity index (χ1v) is 17.4. The average Bonchev–Trinajstić information content (AvgIpc) is 3.05. The molecule has 0 heterocycles. The third kappa shape index (κ3) is 18.2. The minimum atomic E-state index is -0.979. The molecular weight excluding hydrogens is 644 g/mol. The molecule has 0 spiro atoms. The molecule has 0 aliphatic rings. The molecule has 0 saturated heterocycles. The van der Waals surface area contributed by atoms with E-state index < -0.39 is 41.6 Å². The summed E-state index contributed by atoms with van der Waals surface area (Å²) >= 11 is 0. The largest absolute Gasteiger partial charge is 0.445 e. The van der Waals surface area contributed by atoms with Crippen LogP contribution in [0, 0.1) is 5.92 Å². The van der Waals surface area contributed by atoms with Crippen LogP contribution in [-0.4, -0.2) is 98.3 Å². The normalized spacial score (nSPS) is 13.8. The molecule has 9 N–H and O–H groups in total. The number of amides is 6. The van der Waals surface area contributed by atoms with Gasteiger partial charge < -0.3 is 52.4 Å². The summed E-state index contributed by atoms with van der Waals surface area (Å²) in [5, 5.41) is 13.9. The fourth-order valence-corrected chi connectivity index (χ4v) is 4.59. The number of nitrogens with one attached hydrogen (secondary N) is 5. The Balaban J connectivity index is 2.87. The van der Waals surface area contributed by atoms with Crippen LogP contribution in [0.5, 0.6) is 0 Å². The Hall–Kier alpha value is -3.95. The van der Waals surface area contributed by atoms with Gasteiger partial charge in [0.25, 0.3) is 0 Å². The number of urea groups is 1. The topological polar surface area (TPSA) is 219 Å². The molecule has 50 heavy (non-hydrogen) atoms. The number of nitrogens with two attached hydrogens (primary N) is 2. The number of anilines is 1. The van der Waals surface area contributed by atoms with Crippen LogP contribution in [0.3, 0.4) is 0 Å². The van der Waals surface area contributed by atoms with Gasteiger partial charge in [0, 0.05) is 50.9 Å². The highest BCUT2D eigenvalue weighted by Crippen LogP contribution is 2.20. The number of rotatable bonds is 23. The van der Waals surface area contributed by atoms with Crippen molar-refractivity contribution in [2.24, 2.45) is 17.4 Å². The second-order valence-electron chi connectivity index (χ2n) is 13.9. The number of likely N-dealkylation sites (N-methyl/N-ethyl adjacent to an activating group) is 2. The summed E-state index contributed by atoms with van der Waals surface area (Å²) in [7, 11) is 3.45. The van der Waals surface area contributed by atoms with Crippen LogP contribution >= 0.6 is 0 Å². The minimum absolute atomic E-state index is 0.0576. The van der Waals surface area contributed by atoms with Crippen LogP contribution in [0.4, 0.5) is 15.3 Å². The Morgan fingerprint density at radius 1 is 0.960 bits per heavy atom. The third-order valence-corrected chi connectivity index (χ3v) is 8.39. The number of hydrogen-bond acceptors (Lipinski definition) is 9. The molecule has 1 rings (SSSR count). The van der Waals surface area contributed by atoms with E-state index in [1.54, 1.807) is 52.2 Å². The van der Waals surface area contributed by atoms with Crippen LogP contribution < -0.4 is 38.1 Å². The molecule has 6 amide bonds. The van der Waals surface area contributed by atoms with Gasteiger partial charge in [0.15, 0.2) is 0 Å². The Bertz CT molecular complexity index is 1220. The van der Waals surface area contributed by atoms with Gasteiger partial charge in [0.1, 0.15) is 18.7 Å². The fourth-order valence-electron chi connectivity index (χ4n) is 4.59. The lowest BCUT2D eigenvalue weighted by Crippen LogP contribution is -2.54. The van der Waals surface area contributed by atoms with Gasteiger partial charge >= 0.3 is 12.1 Å². The van der Waals surface area contributed by atoms with Crippen LogP contribution in [0.15, 0.2) is 24.3 Å². The van der Waals surface area contributed by atoms with Crippen LogP contribution in [0.1, 0.15) is 85.6 Å². The van der Waals surface area contributed by atoms with E-state index in [2.05, 4.69) is 26.6 Å². The number of primary amides is 1. The number of nitrogens with zero attached hydrogens (tertiary/aromatic N) is 1. The quantitative estimate of drug-likeness (QED) is 0.0831. The molecule has 0 radical (unpaired) electrons. The first-order valence-electron chi connectivity index (χ1n) is 17.4. The Morgan fingerprint density at radius 2 is 1.62 bits per heavy atom. The molecule has 1 aromatic carbocycles. The lowest BCUT2D eigenvalue weighted by atomic mass is 9.96. The number of carbonyl (C=O) groups excluding carboxylic acids is 5. The predicted molar refractivity (Wildman–Crippen MR) is 194 cm³/mol. The van der Waals surface area contributed by atoms with Crippen molar-refractivity contribution < 1.29 is 33.4 Å². The average molecular weight is 707 g/mol. The van der Waals surface area contributed by atoms with E-state index in [0.717, 1.165) is 12.0 Å². The van der Waals surface area contributed by atoms with Crippen molar-refractivity contribution in [2.75, 3.05) is 45.7 Å².